The van der Waals surface area contributed by atoms with Crippen LogP contribution in [0.25, 0.3) is 0 Å². The van der Waals surface area contributed by atoms with Gasteiger partial charge in [0, 0.05) is 23.1 Å². The number of hydrogen-bond acceptors (Lipinski definition) is 4. The van der Waals surface area contributed by atoms with Crippen LogP contribution in [0.2, 0.25) is 0 Å². The third kappa shape index (κ3) is 1.64. The lowest BCUT2D eigenvalue weighted by molar-refractivity contribution is 0.217. The maximum absolute atomic E-state index is 5.75. The van der Waals surface area contributed by atoms with E-state index in [9.17, 15) is 0 Å². The fourth-order valence-corrected chi connectivity index (χ4v) is 3.58. The zero-order valence-corrected chi connectivity index (χ0v) is 11.4. The normalized spacial score (nSPS) is 22.3. The summed E-state index contributed by atoms with van der Waals surface area (Å²) in [6.07, 6.45) is 0.910. The summed E-state index contributed by atoms with van der Waals surface area (Å²) in [7, 11) is 2.00. The van der Waals surface area contributed by atoms with Crippen LogP contribution in [0, 0.1) is 6.92 Å². The standard InChI is InChI=1S/C14H16N2OS/c1-10-9-18-13(16-10)14(15-2)7-8-17-12-6-4-3-5-11(12)14/h3-6,9,15H,7-8H2,1-2H3. The molecule has 1 atom stereocenters. The topological polar surface area (TPSA) is 34.2 Å². The van der Waals surface area contributed by atoms with Crippen molar-refractivity contribution in [1.29, 1.82) is 0 Å². The van der Waals surface area contributed by atoms with Gasteiger partial charge < -0.3 is 10.1 Å². The van der Waals surface area contributed by atoms with Crippen LogP contribution in [0.3, 0.4) is 0 Å². The zero-order valence-electron chi connectivity index (χ0n) is 10.6. The number of benzene rings is 1. The van der Waals surface area contributed by atoms with Gasteiger partial charge in [0.05, 0.1) is 6.61 Å². The highest BCUT2D eigenvalue weighted by atomic mass is 32.1. The minimum Gasteiger partial charge on any atom is -0.493 e. The average molecular weight is 260 g/mol. The Morgan fingerprint density at radius 1 is 1.39 bits per heavy atom. The largest absolute Gasteiger partial charge is 0.493 e. The smallest absolute Gasteiger partial charge is 0.124 e. The molecule has 18 heavy (non-hydrogen) atoms. The molecule has 1 unspecified atom stereocenters. The second-order valence-corrected chi connectivity index (χ2v) is 5.40. The van der Waals surface area contributed by atoms with E-state index >= 15 is 0 Å². The third-order valence-electron chi connectivity index (χ3n) is 3.49. The second kappa shape index (κ2) is 4.37. The van der Waals surface area contributed by atoms with E-state index in [1.165, 1.54) is 5.56 Å². The Bertz CT molecular complexity index is 566. The van der Waals surface area contributed by atoms with Gasteiger partial charge in [-0.15, -0.1) is 11.3 Å². The lowest BCUT2D eigenvalue weighted by Crippen LogP contribution is -2.45. The van der Waals surface area contributed by atoms with Gasteiger partial charge in [0.25, 0.3) is 0 Å². The maximum atomic E-state index is 5.75. The van der Waals surface area contributed by atoms with E-state index in [2.05, 4.69) is 27.8 Å². The maximum Gasteiger partial charge on any atom is 0.124 e. The van der Waals surface area contributed by atoms with E-state index in [0.717, 1.165) is 29.5 Å². The van der Waals surface area contributed by atoms with Crippen molar-refractivity contribution < 1.29 is 4.74 Å². The minimum absolute atomic E-state index is 0.201. The molecule has 3 nitrogen and oxygen atoms in total. The number of rotatable bonds is 2. The summed E-state index contributed by atoms with van der Waals surface area (Å²) >= 11 is 1.71. The van der Waals surface area contributed by atoms with Crippen LogP contribution in [-0.2, 0) is 5.54 Å². The number of aromatic nitrogens is 1. The number of ether oxygens (including phenoxy) is 1. The second-order valence-electron chi connectivity index (χ2n) is 4.54. The molecule has 1 N–H and O–H groups in total. The summed E-state index contributed by atoms with van der Waals surface area (Å²) in [6, 6.07) is 8.22. The summed E-state index contributed by atoms with van der Waals surface area (Å²) in [4.78, 5) is 4.68. The van der Waals surface area contributed by atoms with Crippen molar-refractivity contribution in [3.8, 4) is 5.75 Å². The fraction of sp³-hybridized carbons (Fsp3) is 0.357. The van der Waals surface area contributed by atoms with Gasteiger partial charge in [-0.1, -0.05) is 18.2 Å². The van der Waals surface area contributed by atoms with E-state index in [4.69, 9.17) is 4.74 Å². The first-order chi connectivity index (χ1) is 8.76. The number of aryl methyl sites for hydroxylation is 1. The number of hydrogen-bond donors (Lipinski definition) is 1. The molecule has 0 saturated carbocycles. The molecule has 0 saturated heterocycles. The molecule has 0 bridgehead atoms. The Morgan fingerprint density at radius 3 is 2.94 bits per heavy atom. The Kier molecular flexibility index (Phi) is 2.84. The number of fused-ring (bicyclic) bond motifs is 1. The van der Waals surface area contributed by atoms with E-state index in [0.29, 0.717) is 0 Å². The van der Waals surface area contributed by atoms with Crippen LogP contribution in [0.15, 0.2) is 29.6 Å². The molecule has 0 amide bonds. The molecular formula is C14H16N2OS. The molecule has 94 valence electrons. The molecule has 2 heterocycles. The van der Waals surface area contributed by atoms with Gasteiger partial charge in [-0.2, -0.15) is 0 Å². The molecular weight excluding hydrogens is 244 g/mol. The summed E-state index contributed by atoms with van der Waals surface area (Å²) in [6.45, 7) is 2.76. The highest BCUT2D eigenvalue weighted by Crippen LogP contribution is 2.42. The van der Waals surface area contributed by atoms with Crippen LogP contribution >= 0.6 is 11.3 Å². The summed E-state index contributed by atoms with van der Waals surface area (Å²) in [5.74, 6) is 0.964. The van der Waals surface area contributed by atoms with Gasteiger partial charge in [-0.3, -0.25) is 0 Å². The van der Waals surface area contributed by atoms with E-state index in [-0.39, 0.29) is 5.54 Å². The molecule has 1 aromatic carbocycles. The first-order valence-corrected chi connectivity index (χ1v) is 6.98. The number of thiazole rings is 1. The van der Waals surface area contributed by atoms with Crippen molar-refractivity contribution in [2.45, 2.75) is 18.9 Å². The molecule has 0 radical (unpaired) electrons. The first kappa shape index (κ1) is 11.7. The van der Waals surface area contributed by atoms with Crippen molar-refractivity contribution in [3.63, 3.8) is 0 Å². The van der Waals surface area contributed by atoms with Crippen LogP contribution in [-0.4, -0.2) is 18.6 Å². The van der Waals surface area contributed by atoms with Gasteiger partial charge >= 0.3 is 0 Å². The lowest BCUT2D eigenvalue weighted by Gasteiger charge is -2.37. The minimum atomic E-state index is -0.201. The van der Waals surface area contributed by atoms with Crippen molar-refractivity contribution in [3.05, 3.63) is 45.9 Å². The van der Waals surface area contributed by atoms with Crippen molar-refractivity contribution in [1.82, 2.24) is 10.3 Å². The van der Waals surface area contributed by atoms with Gasteiger partial charge in [-0.05, 0) is 20.0 Å². The van der Waals surface area contributed by atoms with Gasteiger partial charge in [0.15, 0.2) is 0 Å². The highest BCUT2D eigenvalue weighted by molar-refractivity contribution is 7.09. The van der Waals surface area contributed by atoms with Crippen molar-refractivity contribution in [2.24, 2.45) is 0 Å². The summed E-state index contributed by atoms with van der Waals surface area (Å²) in [5.41, 5.74) is 2.06. The molecule has 4 heteroatoms. The third-order valence-corrected chi connectivity index (χ3v) is 4.61. The Balaban J connectivity index is 2.18. The predicted molar refractivity (Wildman–Crippen MR) is 73.2 cm³/mol. The Morgan fingerprint density at radius 2 is 2.22 bits per heavy atom. The van der Waals surface area contributed by atoms with E-state index < -0.39 is 0 Å². The highest BCUT2D eigenvalue weighted by Gasteiger charge is 2.40. The average Bonchev–Trinajstić information content (AvgIpc) is 2.85. The quantitative estimate of drug-likeness (QED) is 0.901. The molecule has 1 aliphatic rings. The predicted octanol–water partition coefficient (Wildman–Crippen LogP) is 2.70. The number of nitrogens with zero attached hydrogens (tertiary/aromatic N) is 1. The molecule has 3 rings (SSSR count). The van der Waals surface area contributed by atoms with Gasteiger partial charge in [0.2, 0.25) is 0 Å². The Hall–Kier alpha value is -1.39. The van der Waals surface area contributed by atoms with Crippen LogP contribution in [0.5, 0.6) is 5.75 Å². The molecule has 0 spiro atoms. The SMILES string of the molecule is CNC1(c2nc(C)cs2)CCOc2ccccc21. The van der Waals surface area contributed by atoms with Crippen LogP contribution in [0.1, 0.15) is 22.7 Å². The van der Waals surface area contributed by atoms with Gasteiger partial charge in [-0.25, -0.2) is 4.98 Å². The first-order valence-electron chi connectivity index (χ1n) is 6.10. The Labute approximate surface area is 111 Å². The number of para-hydroxylation sites is 1. The molecule has 1 aliphatic heterocycles. The lowest BCUT2D eigenvalue weighted by atomic mass is 9.85. The van der Waals surface area contributed by atoms with E-state index in [1.807, 2.05) is 26.1 Å². The summed E-state index contributed by atoms with van der Waals surface area (Å²) in [5, 5.41) is 6.70. The van der Waals surface area contributed by atoms with Crippen LogP contribution in [0.4, 0.5) is 0 Å². The van der Waals surface area contributed by atoms with Crippen molar-refractivity contribution in [2.75, 3.05) is 13.7 Å². The molecule has 0 fully saturated rings. The molecule has 1 aromatic heterocycles. The van der Waals surface area contributed by atoms with Gasteiger partial charge in [0.1, 0.15) is 16.3 Å². The monoisotopic (exact) mass is 260 g/mol. The van der Waals surface area contributed by atoms with Crippen molar-refractivity contribution >= 4 is 11.3 Å². The van der Waals surface area contributed by atoms with Crippen LogP contribution < -0.4 is 10.1 Å². The summed E-state index contributed by atoms with van der Waals surface area (Å²) < 4.78 is 5.75. The fourth-order valence-electron chi connectivity index (χ4n) is 2.53. The molecule has 2 aromatic rings. The van der Waals surface area contributed by atoms with E-state index in [1.54, 1.807) is 11.3 Å². The zero-order chi connectivity index (χ0) is 12.6. The number of nitrogens with one attached hydrogen (secondary N) is 1. The molecule has 0 aliphatic carbocycles.